The zero-order valence-corrected chi connectivity index (χ0v) is 14.3. The molecule has 1 N–H and O–H groups in total. The second kappa shape index (κ2) is 7.01. The molecule has 0 bridgehead atoms. The van der Waals surface area contributed by atoms with Gasteiger partial charge in [0.05, 0.1) is 10.6 Å². The van der Waals surface area contributed by atoms with E-state index in [1.807, 2.05) is 42.5 Å². The van der Waals surface area contributed by atoms with Crippen LogP contribution in [-0.2, 0) is 4.79 Å². The molecular weight excluding hydrogens is 351 g/mol. The van der Waals surface area contributed by atoms with Crippen molar-refractivity contribution < 1.29 is 13.6 Å². The molecule has 1 aliphatic heterocycles. The summed E-state index contributed by atoms with van der Waals surface area (Å²) in [6.45, 7) is 0. The molecule has 3 aromatic rings. The van der Waals surface area contributed by atoms with Crippen LogP contribution >= 0.6 is 11.8 Å². The Morgan fingerprint density at radius 3 is 2.54 bits per heavy atom. The quantitative estimate of drug-likeness (QED) is 0.667. The smallest absolute Gasteiger partial charge is 0.264 e. The largest absolute Gasteiger partial charge is 0.457 e. The van der Waals surface area contributed by atoms with Crippen LogP contribution in [-0.4, -0.2) is 11.1 Å². The molecule has 1 aromatic heterocycles. The Morgan fingerprint density at radius 1 is 1.00 bits per heavy atom. The van der Waals surface area contributed by atoms with Crippen LogP contribution in [0.1, 0.15) is 5.76 Å². The molecular formula is C20H13FN2O2S. The molecule has 1 saturated heterocycles. The minimum Gasteiger partial charge on any atom is -0.457 e. The van der Waals surface area contributed by atoms with Crippen molar-refractivity contribution in [3.8, 4) is 11.3 Å². The molecule has 0 unspecified atom stereocenters. The van der Waals surface area contributed by atoms with Gasteiger partial charge in [-0.15, -0.1) is 0 Å². The molecule has 128 valence electrons. The molecule has 0 aliphatic carbocycles. The summed E-state index contributed by atoms with van der Waals surface area (Å²) in [7, 11) is 0. The Labute approximate surface area is 153 Å². The van der Waals surface area contributed by atoms with Gasteiger partial charge >= 0.3 is 0 Å². The van der Waals surface area contributed by atoms with E-state index in [0.717, 1.165) is 11.3 Å². The number of nitrogens with one attached hydrogen (secondary N) is 1. The first-order valence-corrected chi connectivity index (χ1v) is 8.69. The Morgan fingerprint density at radius 2 is 1.77 bits per heavy atom. The lowest BCUT2D eigenvalue weighted by molar-refractivity contribution is -0.115. The van der Waals surface area contributed by atoms with Crippen LogP contribution in [0.5, 0.6) is 0 Å². The van der Waals surface area contributed by atoms with Crippen molar-refractivity contribution in [1.29, 1.82) is 0 Å². The number of nitrogens with zero attached hydrogens (tertiary/aromatic N) is 1. The highest BCUT2D eigenvalue weighted by atomic mass is 32.2. The third-order valence-electron chi connectivity index (χ3n) is 3.67. The minimum absolute atomic E-state index is 0.242. The van der Waals surface area contributed by atoms with E-state index in [9.17, 15) is 9.18 Å². The molecule has 26 heavy (non-hydrogen) atoms. The normalized spacial score (nSPS) is 17.0. The summed E-state index contributed by atoms with van der Waals surface area (Å²) >= 11 is 1.21. The average Bonchev–Trinajstić information content (AvgIpc) is 3.25. The number of rotatable bonds is 3. The van der Waals surface area contributed by atoms with Crippen LogP contribution in [0.3, 0.4) is 0 Å². The van der Waals surface area contributed by atoms with E-state index in [1.54, 1.807) is 18.2 Å². The van der Waals surface area contributed by atoms with E-state index in [2.05, 4.69) is 10.3 Å². The number of carbonyl (C=O) groups excluding carboxylic acids is 1. The van der Waals surface area contributed by atoms with Crippen molar-refractivity contribution in [3.63, 3.8) is 0 Å². The highest BCUT2D eigenvalue weighted by molar-refractivity contribution is 8.18. The molecule has 0 saturated carbocycles. The van der Waals surface area contributed by atoms with Gasteiger partial charge in [-0.2, -0.15) is 0 Å². The first-order valence-electron chi connectivity index (χ1n) is 7.88. The van der Waals surface area contributed by atoms with Crippen molar-refractivity contribution in [1.82, 2.24) is 5.32 Å². The summed E-state index contributed by atoms with van der Waals surface area (Å²) in [6, 6.07) is 19.2. The third-order valence-corrected chi connectivity index (χ3v) is 4.58. The molecule has 2 aromatic carbocycles. The Kier molecular flexibility index (Phi) is 4.41. The number of benzene rings is 2. The van der Waals surface area contributed by atoms with Gasteiger partial charge in [0, 0.05) is 11.6 Å². The van der Waals surface area contributed by atoms with Gasteiger partial charge in [0.2, 0.25) is 0 Å². The number of hydrogen-bond donors (Lipinski definition) is 1. The summed E-state index contributed by atoms with van der Waals surface area (Å²) in [4.78, 5) is 16.9. The van der Waals surface area contributed by atoms with Crippen molar-refractivity contribution in [2.75, 3.05) is 0 Å². The van der Waals surface area contributed by atoms with E-state index in [0.29, 0.717) is 21.5 Å². The molecule has 1 amide bonds. The molecule has 0 atom stereocenters. The van der Waals surface area contributed by atoms with Crippen molar-refractivity contribution in [3.05, 3.63) is 83.2 Å². The fourth-order valence-corrected chi connectivity index (χ4v) is 3.25. The van der Waals surface area contributed by atoms with E-state index >= 15 is 0 Å². The van der Waals surface area contributed by atoms with Gasteiger partial charge in [-0.25, -0.2) is 9.38 Å². The van der Waals surface area contributed by atoms with E-state index in [1.165, 1.54) is 23.9 Å². The summed E-state index contributed by atoms with van der Waals surface area (Å²) in [5.74, 6) is 0.754. The maximum atomic E-state index is 12.9. The number of halogens is 1. The lowest BCUT2D eigenvalue weighted by Crippen LogP contribution is -2.19. The van der Waals surface area contributed by atoms with Gasteiger partial charge < -0.3 is 9.73 Å². The van der Waals surface area contributed by atoms with Crippen LogP contribution in [0.15, 0.2) is 81.0 Å². The summed E-state index contributed by atoms with van der Waals surface area (Å²) in [5.41, 5.74) is 1.54. The maximum Gasteiger partial charge on any atom is 0.264 e. The Hall–Kier alpha value is -3.12. The summed E-state index contributed by atoms with van der Waals surface area (Å²) in [5, 5.41) is 3.14. The van der Waals surface area contributed by atoms with Crippen molar-refractivity contribution in [2.45, 2.75) is 0 Å². The highest BCUT2D eigenvalue weighted by Crippen LogP contribution is 2.30. The number of amidine groups is 1. The predicted octanol–water partition coefficient (Wildman–Crippen LogP) is 4.98. The van der Waals surface area contributed by atoms with Gasteiger partial charge in [-0.05, 0) is 48.2 Å². The first-order chi connectivity index (χ1) is 12.7. The van der Waals surface area contributed by atoms with Gasteiger partial charge in [-0.1, -0.05) is 30.3 Å². The molecule has 4 nitrogen and oxygen atoms in total. The van der Waals surface area contributed by atoms with Gasteiger partial charge in [-0.3, -0.25) is 4.79 Å². The summed E-state index contributed by atoms with van der Waals surface area (Å²) < 4.78 is 18.7. The van der Waals surface area contributed by atoms with E-state index in [-0.39, 0.29) is 11.7 Å². The molecule has 1 fully saturated rings. The second-order valence-electron chi connectivity index (χ2n) is 5.53. The monoisotopic (exact) mass is 364 g/mol. The predicted molar refractivity (Wildman–Crippen MR) is 101 cm³/mol. The lowest BCUT2D eigenvalue weighted by atomic mass is 10.2. The Balaban J connectivity index is 1.54. The van der Waals surface area contributed by atoms with Crippen LogP contribution in [0.25, 0.3) is 17.4 Å². The minimum atomic E-state index is -0.329. The van der Waals surface area contributed by atoms with Crippen molar-refractivity contribution in [2.24, 2.45) is 4.99 Å². The van der Waals surface area contributed by atoms with Crippen LogP contribution < -0.4 is 5.32 Å². The second-order valence-corrected chi connectivity index (χ2v) is 6.56. The highest BCUT2D eigenvalue weighted by Gasteiger charge is 2.24. The van der Waals surface area contributed by atoms with E-state index in [4.69, 9.17) is 4.42 Å². The van der Waals surface area contributed by atoms with Gasteiger partial charge in [0.15, 0.2) is 5.17 Å². The standard InChI is InChI=1S/C20H13FN2O2S/c21-14-6-8-15(9-7-14)22-20-23-19(24)18(26-20)12-16-10-11-17(25-16)13-4-2-1-3-5-13/h1-12H,(H,22,23,24)/b18-12+. The molecule has 6 heteroatoms. The number of amides is 1. The maximum absolute atomic E-state index is 12.9. The molecule has 4 rings (SSSR count). The number of furan rings is 1. The third kappa shape index (κ3) is 3.60. The fraction of sp³-hybridized carbons (Fsp3) is 0. The Bertz CT molecular complexity index is 1010. The molecule has 0 radical (unpaired) electrons. The molecule has 2 heterocycles. The number of thioether (sulfide) groups is 1. The summed E-state index contributed by atoms with van der Waals surface area (Å²) in [6.07, 6.45) is 1.68. The molecule has 0 spiro atoms. The number of carbonyl (C=O) groups is 1. The van der Waals surface area contributed by atoms with Crippen LogP contribution in [0, 0.1) is 5.82 Å². The van der Waals surface area contributed by atoms with Gasteiger partial charge in [0.25, 0.3) is 5.91 Å². The van der Waals surface area contributed by atoms with Crippen LogP contribution in [0.4, 0.5) is 10.1 Å². The topological polar surface area (TPSA) is 54.6 Å². The zero-order valence-electron chi connectivity index (χ0n) is 13.5. The number of hydrogen-bond acceptors (Lipinski definition) is 4. The zero-order chi connectivity index (χ0) is 17.9. The SMILES string of the molecule is O=C1NC(=Nc2ccc(F)cc2)S/C1=C/c1ccc(-c2ccccc2)o1. The number of aliphatic imine (C=N–C) groups is 1. The van der Waals surface area contributed by atoms with Crippen molar-refractivity contribution >= 4 is 34.6 Å². The lowest BCUT2D eigenvalue weighted by Gasteiger charge is -1.95. The van der Waals surface area contributed by atoms with Crippen LogP contribution in [0.2, 0.25) is 0 Å². The molecule has 1 aliphatic rings. The van der Waals surface area contributed by atoms with E-state index < -0.39 is 0 Å². The van der Waals surface area contributed by atoms with Gasteiger partial charge in [0.1, 0.15) is 17.3 Å². The first kappa shape index (κ1) is 16.4. The fourth-order valence-electron chi connectivity index (χ4n) is 2.43. The average molecular weight is 364 g/mol.